The van der Waals surface area contributed by atoms with Gasteiger partial charge in [0.2, 0.25) is 5.91 Å². The fraction of sp³-hybridized carbons (Fsp3) is 0.364. The van der Waals surface area contributed by atoms with Crippen molar-refractivity contribution in [3.05, 3.63) is 96.1 Å². The van der Waals surface area contributed by atoms with Crippen molar-refractivity contribution in [2.45, 2.75) is 52.3 Å². The van der Waals surface area contributed by atoms with Gasteiger partial charge < -0.3 is 24.6 Å². The van der Waals surface area contributed by atoms with Gasteiger partial charge in [0.1, 0.15) is 6.29 Å². The molecule has 44 heavy (non-hydrogen) atoms. The van der Waals surface area contributed by atoms with Gasteiger partial charge in [0, 0.05) is 12.5 Å². The fourth-order valence-corrected chi connectivity index (χ4v) is 5.56. The van der Waals surface area contributed by atoms with Gasteiger partial charge in [0.05, 0.1) is 25.5 Å². The number of esters is 2. The molecule has 0 aromatic heterocycles. The van der Waals surface area contributed by atoms with Crippen molar-refractivity contribution in [2.75, 3.05) is 19.4 Å². The summed E-state index contributed by atoms with van der Waals surface area (Å²) in [5.41, 5.74) is 3.42. The molecule has 0 radical (unpaired) electrons. The zero-order valence-corrected chi connectivity index (χ0v) is 26.2. The molecule has 3 aromatic carbocycles. The number of ether oxygens (including phenoxy) is 2. The number of carbonyl (C=O) groups excluding carboxylic acids is 3. The minimum Gasteiger partial charge on any atom is -0.466 e. The van der Waals surface area contributed by atoms with Crippen molar-refractivity contribution >= 4 is 25.4 Å². The van der Waals surface area contributed by atoms with Gasteiger partial charge in [-0.15, -0.1) is 0 Å². The molecule has 11 heteroatoms. The molecule has 1 amide bonds. The standard InChI is InChI=1S/C33H41N2O8P/c1-4-42-30(36)19-20-34-32(38)29(21-26-15-17-28(18-16-26)27-13-9-6-10-14-27)35(23-44(39,40)41)33(24(2)3)43-31(37)22-25-11-7-5-8-12-25/h5-18,24,29,33H,4,19-23H2,1-3H3,(H,34,38)(H2,39,40,41)/t29-,33?/m0/s1. The van der Waals surface area contributed by atoms with E-state index in [1.54, 1.807) is 45.0 Å². The molecular weight excluding hydrogens is 583 g/mol. The molecule has 0 aliphatic heterocycles. The van der Waals surface area contributed by atoms with Crippen LogP contribution in [0.4, 0.5) is 0 Å². The van der Waals surface area contributed by atoms with Gasteiger partial charge in [-0.05, 0) is 35.6 Å². The monoisotopic (exact) mass is 624 g/mol. The van der Waals surface area contributed by atoms with E-state index in [1.807, 2.05) is 60.7 Å². The normalized spacial score (nSPS) is 12.9. The molecule has 0 fully saturated rings. The highest BCUT2D eigenvalue weighted by atomic mass is 31.2. The van der Waals surface area contributed by atoms with Crippen LogP contribution in [0.25, 0.3) is 11.1 Å². The molecule has 1 unspecified atom stereocenters. The van der Waals surface area contributed by atoms with Crippen LogP contribution in [0.5, 0.6) is 0 Å². The van der Waals surface area contributed by atoms with Crippen LogP contribution in [-0.4, -0.2) is 64.2 Å². The Kier molecular flexibility index (Phi) is 13.3. The highest BCUT2D eigenvalue weighted by Gasteiger charge is 2.39. The molecule has 10 nitrogen and oxygen atoms in total. The van der Waals surface area contributed by atoms with Crippen LogP contribution < -0.4 is 5.32 Å². The smallest absolute Gasteiger partial charge is 0.339 e. The van der Waals surface area contributed by atoms with Gasteiger partial charge >= 0.3 is 19.5 Å². The third-order valence-corrected chi connectivity index (χ3v) is 7.51. The number of hydrogen-bond acceptors (Lipinski definition) is 7. The Morgan fingerprint density at radius 2 is 1.43 bits per heavy atom. The summed E-state index contributed by atoms with van der Waals surface area (Å²) in [6, 6.07) is 25.1. The van der Waals surface area contributed by atoms with Gasteiger partial charge in [-0.3, -0.25) is 18.9 Å². The molecule has 0 saturated heterocycles. The van der Waals surface area contributed by atoms with Gasteiger partial charge in [0.15, 0.2) is 6.23 Å². The fourth-order valence-electron chi connectivity index (χ4n) is 4.78. The predicted octanol–water partition coefficient (Wildman–Crippen LogP) is 4.54. The maximum atomic E-state index is 13.7. The van der Waals surface area contributed by atoms with Crippen LogP contribution in [0.1, 0.15) is 38.3 Å². The minimum absolute atomic E-state index is 0.0367. The molecular formula is C33H41N2O8P. The minimum atomic E-state index is -4.74. The molecule has 0 bridgehead atoms. The van der Waals surface area contributed by atoms with Crippen molar-refractivity contribution < 1.29 is 38.2 Å². The molecule has 0 aliphatic rings. The number of carbonyl (C=O) groups is 3. The topological polar surface area (TPSA) is 142 Å². The van der Waals surface area contributed by atoms with Crippen LogP contribution in [0.2, 0.25) is 0 Å². The van der Waals surface area contributed by atoms with Crippen LogP contribution in [0.15, 0.2) is 84.9 Å². The lowest BCUT2D eigenvalue weighted by Gasteiger charge is -2.38. The summed E-state index contributed by atoms with van der Waals surface area (Å²) in [7, 11) is -4.74. The molecule has 2 atom stereocenters. The second-order valence-electron chi connectivity index (χ2n) is 10.7. The van der Waals surface area contributed by atoms with E-state index < -0.39 is 49.9 Å². The second kappa shape index (κ2) is 16.9. The molecule has 3 aromatic rings. The van der Waals surface area contributed by atoms with Crippen molar-refractivity contribution in [1.29, 1.82) is 0 Å². The highest BCUT2D eigenvalue weighted by molar-refractivity contribution is 7.51. The SMILES string of the molecule is CCOC(=O)CCNC(=O)[C@H](Cc1ccc(-c2ccccc2)cc1)N(CP(=O)(O)O)C(OC(=O)Cc1ccccc1)C(C)C. The first-order valence-corrected chi connectivity index (χ1v) is 16.4. The van der Waals surface area contributed by atoms with Crippen LogP contribution in [0, 0.1) is 5.92 Å². The Labute approximate surface area is 258 Å². The zero-order valence-electron chi connectivity index (χ0n) is 25.3. The lowest BCUT2D eigenvalue weighted by Crippen LogP contribution is -2.55. The number of hydrogen-bond donors (Lipinski definition) is 3. The molecule has 0 aliphatic carbocycles. The molecule has 3 rings (SSSR count). The molecule has 0 spiro atoms. The second-order valence-corrected chi connectivity index (χ2v) is 12.3. The molecule has 0 saturated carbocycles. The Morgan fingerprint density at radius 3 is 2.00 bits per heavy atom. The van der Waals surface area contributed by atoms with Crippen LogP contribution in [-0.2, 0) is 41.3 Å². The predicted molar refractivity (Wildman–Crippen MR) is 167 cm³/mol. The molecule has 236 valence electrons. The van der Waals surface area contributed by atoms with Crippen LogP contribution in [0.3, 0.4) is 0 Å². The van der Waals surface area contributed by atoms with Gasteiger partial charge in [0.25, 0.3) is 0 Å². The first kappa shape index (κ1) is 34.7. The number of benzene rings is 3. The first-order chi connectivity index (χ1) is 21.0. The Hall–Kier alpha value is -3.82. The van der Waals surface area contributed by atoms with Gasteiger partial charge in [-0.1, -0.05) is 98.8 Å². The summed E-state index contributed by atoms with van der Waals surface area (Å²) in [6.45, 7) is 5.34. The third kappa shape index (κ3) is 11.4. The Bertz CT molecular complexity index is 1390. The zero-order chi connectivity index (χ0) is 32.1. The summed E-state index contributed by atoms with van der Waals surface area (Å²) < 4.78 is 23.2. The van der Waals surface area contributed by atoms with Gasteiger partial charge in [-0.25, -0.2) is 4.90 Å². The molecule has 3 N–H and O–H groups in total. The maximum absolute atomic E-state index is 13.7. The summed E-state index contributed by atoms with van der Waals surface area (Å²) in [6.07, 6.45) is -2.03. The van der Waals surface area contributed by atoms with E-state index in [9.17, 15) is 28.7 Å². The quantitative estimate of drug-likeness (QED) is 0.119. The lowest BCUT2D eigenvalue weighted by molar-refractivity contribution is -0.168. The Morgan fingerprint density at radius 1 is 0.841 bits per heavy atom. The van der Waals surface area contributed by atoms with Crippen LogP contribution >= 0.6 is 7.60 Å². The first-order valence-electron chi connectivity index (χ1n) is 14.6. The van der Waals surface area contributed by atoms with Crippen molar-refractivity contribution in [3.63, 3.8) is 0 Å². The van der Waals surface area contributed by atoms with Crippen molar-refractivity contribution in [2.24, 2.45) is 5.92 Å². The number of nitrogens with one attached hydrogen (secondary N) is 1. The Balaban J connectivity index is 1.93. The average Bonchev–Trinajstić information content (AvgIpc) is 2.98. The number of amides is 1. The molecule has 0 heterocycles. The van der Waals surface area contributed by atoms with E-state index >= 15 is 0 Å². The summed E-state index contributed by atoms with van der Waals surface area (Å²) in [4.78, 5) is 60.1. The van der Waals surface area contributed by atoms with E-state index in [-0.39, 0.29) is 32.4 Å². The summed E-state index contributed by atoms with van der Waals surface area (Å²) in [5.74, 6) is -2.08. The number of rotatable bonds is 16. The summed E-state index contributed by atoms with van der Waals surface area (Å²) >= 11 is 0. The van der Waals surface area contributed by atoms with Crippen molar-refractivity contribution in [3.8, 4) is 11.1 Å². The summed E-state index contributed by atoms with van der Waals surface area (Å²) in [5, 5.41) is 2.71. The van der Waals surface area contributed by atoms with E-state index in [0.717, 1.165) is 16.7 Å². The number of nitrogens with zero attached hydrogens (tertiary/aromatic N) is 1. The van der Waals surface area contributed by atoms with E-state index in [0.29, 0.717) is 5.56 Å². The van der Waals surface area contributed by atoms with Gasteiger partial charge in [-0.2, -0.15) is 0 Å². The highest BCUT2D eigenvalue weighted by Crippen LogP contribution is 2.38. The van der Waals surface area contributed by atoms with E-state index in [4.69, 9.17) is 9.47 Å². The third-order valence-electron chi connectivity index (χ3n) is 6.81. The van der Waals surface area contributed by atoms with E-state index in [2.05, 4.69) is 5.32 Å². The van der Waals surface area contributed by atoms with Crippen molar-refractivity contribution in [1.82, 2.24) is 10.2 Å². The lowest BCUT2D eigenvalue weighted by atomic mass is 9.99. The average molecular weight is 625 g/mol. The largest absolute Gasteiger partial charge is 0.466 e. The maximum Gasteiger partial charge on any atom is 0.339 e. The van der Waals surface area contributed by atoms with E-state index in [1.165, 1.54) is 4.90 Å².